The number of nitrogens with zero attached hydrogens (tertiary/aromatic N) is 1. The van der Waals surface area contributed by atoms with Crippen LogP contribution in [0.1, 0.15) is 21.4 Å². The van der Waals surface area contributed by atoms with Crippen molar-refractivity contribution in [2.45, 2.75) is 19.5 Å². The van der Waals surface area contributed by atoms with Gasteiger partial charge in [0.25, 0.3) is 0 Å². The molecule has 1 unspecified atom stereocenters. The Labute approximate surface area is 139 Å². The highest BCUT2D eigenvalue weighted by atomic mass is 32.1. The number of rotatable bonds is 5. The average molecular weight is 332 g/mol. The van der Waals surface area contributed by atoms with Crippen LogP contribution in [0.2, 0.25) is 0 Å². The lowest BCUT2D eigenvalue weighted by molar-refractivity contribution is -0.127. The first kappa shape index (κ1) is 15.7. The SMILES string of the molecule is COc1ccc(CN2OC(N)=CC2c2ccc(C)s2)c(OC)c1. The Balaban J connectivity index is 1.84. The lowest BCUT2D eigenvalue weighted by Gasteiger charge is -2.23. The van der Waals surface area contributed by atoms with E-state index in [2.05, 4.69) is 19.1 Å². The molecule has 23 heavy (non-hydrogen) atoms. The molecule has 1 aromatic carbocycles. The fraction of sp³-hybridized carbons (Fsp3) is 0.294. The molecule has 0 saturated carbocycles. The summed E-state index contributed by atoms with van der Waals surface area (Å²) in [7, 11) is 3.29. The molecule has 122 valence electrons. The third-order valence-corrected chi connectivity index (χ3v) is 4.80. The van der Waals surface area contributed by atoms with Crippen molar-refractivity contribution >= 4 is 11.3 Å². The number of benzene rings is 1. The second kappa shape index (κ2) is 6.52. The molecular weight excluding hydrogens is 312 g/mol. The molecule has 1 atom stereocenters. The van der Waals surface area contributed by atoms with Crippen molar-refractivity contribution in [2.24, 2.45) is 5.73 Å². The molecule has 3 rings (SSSR count). The highest BCUT2D eigenvalue weighted by Gasteiger charge is 2.29. The monoisotopic (exact) mass is 332 g/mol. The number of hydrogen-bond donors (Lipinski definition) is 1. The quantitative estimate of drug-likeness (QED) is 0.910. The van der Waals surface area contributed by atoms with Gasteiger partial charge < -0.3 is 20.0 Å². The van der Waals surface area contributed by atoms with Crippen LogP contribution >= 0.6 is 11.3 Å². The van der Waals surface area contributed by atoms with E-state index < -0.39 is 0 Å². The number of aryl methyl sites for hydroxylation is 1. The first-order valence-corrected chi connectivity index (χ1v) is 8.11. The molecule has 2 heterocycles. The highest BCUT2D eigenvalue weighted by molar-refractivity contribution is 7.12. The normalized spacial score (nSPS) is 17.7. The van der Waals surface area contributed by atoms with Crippen molar-refractivity contribution in [2.75, 3.05) is 14.2 Å². The zero-order chi connectivity index (χ0) is 16.4. The van der Waals surface area contributed by atoms with E-state index in [0.29, 0.717) is 12.4 Å². The van der Waals surface area contributed by atoms with Gasteiger partial charge in [-0.15, -0.1) is 16.4 Å². The minimum absolute atomic E-state index is 0.0144. The van der Waals surface area contributed by atoms with Crippen molar-refractivity contribution in [3.05, 3.63) is 57.6 Å². The van der Waals surface area contributed by atoms with Crippen molar-refractivity contribution < 1.29 is 14.3 Å². The second-order valence-corrected chi connectivity index (χ2v) is 6.63. The Hall–Kier alpha value is -2.18. The summed E-state index contributed by atoms with van der Waals surface area (Å²) in [5.41, 5.74) is 6.89. The molecule has 0 bridgehead atoms. The van der Waals surface area contributed by atoms with Gasteiger partial charge in [0.15, 0.2) is 0 Å². The van der Waals surface area contributed by atoms with Crippen LogP contribution < -0.4 is 15.2 Å². The van der Waals surface area contributed by atoms with Gasteiger partial charge in [-0.3, -0.25) is 0 Å². The van der Waals surface area contributed by atoms with E-state index in [9.17, 15) is 0 Å². The van der Waals surface area contributed by atoms with Crippen LogP contribution in [-0.4, -0.2) is 19.3 Å². The van der Waals surface area contributed by atoms with Gasteiger partial charge in [0.05, 0.1) is 20.8 Å². The molecule has 0 aliphatic carbocycles. The smallest absolute Gasteiger partial charge is 0.207 e. The van der Waals surface area contributed by atoms with Crippen LogP contribution in [0.4, 0.5) is 0 Å². The molecule has 1 aromatic heterocycles. The summed E-state index contributed by atoms with van der Waals surface area (Å²) in [5, 5.41) is 1.87. The van der Waals surface area contributed by atoms with E-state index in [1.807, 2.05) is 29.3 Å². The lowest BCUT2D eigenvalue weighted by Crippen LogP contribution is -2.23. The van der Waals surface area contributed by atoms with Crippen LogP contribution in [0.25, 0.3) is 0 Å². The standard InChI is InChI=1S/C17H20N2O3S/c1-11-4-7-16(23-11)14-9-17(18)22-19(14)10-12-5-6-13(20-2)8-15(12)21-3/h4-9,14H,10,18H2,1-3H3. The Morgan fingerprint density at radius 1 is 1.22 bits per heavy atom. The molecule has 0 amide bonds. The predicted octanol–water partition coefficient (Wildman–Crippen LogP) is 3.36. The third kappa shape index (κ3) is 3.28. The fourth-order valence-electron chi connectivity index (χ4n) is 2.58. The van der Waals surface area contributed by atoms with Gasteiger partial charge in [0.2, 0.25) is 5.88 Å². The number of hydrogen-bond acceptors (Lipinski definition) is 6. The zero-order valence-electron chi connectivity index (χ0n) is 13.4. The van der Waals surface area contributed by atoms with E-state index in [-0.39, 0.29) is 6.04 Å². The van der Waals surface area contributed by atoms with Gasteiger partial charge in [-0.2, -0.15) is 0 Å². The van der Waals surface area contributed by atoms with Crippen molar-refractivity contribution in [1.29, 1.82) is 0 Å². The Bertz CT molecular complexity index is 726. The number of hydroxylamine groups is 2. The maximum atomic E-state index is 5.88. The largest absolute Gasteiger partial charge is 0.497 e. The maximum Gasteiger partial charge on any atom is 0.207 e. The van der Waals surface area contributed by atoms with Crippen LogP contribution in [0.15, 0.2) is 42.3 Å². The molecule has 0 fully saturated rings. The molecule has 5 nitrogen and oxygen atoms in total. The Kier molecular flexibility index (Phi) is 4.45. The van der Waals surface area contributed by atoms with Gasteiger partial charge in [-0.25, -0.2) is 0 Å². The molecule has 0 spiro atoms. The van der Waals surface area contributed by atoms with Crippen LogP contribution in [-0.2, 0) is 11.4 Å². The van der Waals surface area contributed by atoms with Gasteiger partial charge in [0.1, 0.15) is 17.5 Å². The Morgan fingerprint density at radius 2 is 2.04 bits per heavy atom. The number of nitrogens with two attached hydrogens (primary N) is 1. The predicted molar refractivity (Wildman–Crippen MR) is 90.2 cm³/mol. The third-order valence-electron chi connectivity index (χ3n) is 3.73. The number of ether oxygens (including phenoxy) is 2. The molecule has 6 heteroatoms. The van der Waals surface area contributed by atoms with E-state index >= 15 is 0 Å². The van der Waals surface area contributed by atoms with E-state index in [0.717, 1.165) is 17.1 Å². The second-order valence-electron chi connectivity index (χ2n) is 5.31. The van der Waals surface area contributed by atoms with Gasteiger partial charge in [-0.1, -0.05) is 6.07 Å². The summed E-state index contributed by atoms with van der Waals surface area (Å²) >= 11 is 1.74. The Morgan fingerprint density at radius 3 is 2.70 bits per heavy atom. The molecule has 2 aromatic rings. The van der Waals surface area contributed by atoms with Crippen LogP contribution in [0.3, 0.4) is 0 Å². The van der Waals surface area contributed by atoms with Gasteiger partial charge in [0, 0.05) is 27.5 Å². The lowest BCUT2D eigenvalue weighted by atomic mass is 10.1. The van der Waals surface area contributed by atoms with Crippen molar-refractivity contribution in [3.63, 3.8) is 0 Å². The van der Waals surface area contributed by atoms with E-state index in [4.69, 9.17) is 20.0 Å². The summed E-state index contributed by atoms with van der Waals surface area (Å²) in [5.74, 6) is 1.95. The van der Waals surface area contributed by atoms with Crippen molar-refractivity contribution in [1.82, 2.24) is 5.06 Å². The molecule has 0 saturated heterocycles. The summed E-state index contributed by atoms with van der Waals surface area (Å²) < 4.78 is 10.7. The average Bonchev–Trinajstić information content (AvgIpc) is 3.13. The summed E-state index contributed by atoms with van der Waals surface area (Å²) in [6.45, 7) is 2.65. The summed E-state index contributed by atoms with van der Waals surface area (Å²) in [4.78, 5) is 8.16. The maximum absolute atomic E-state index is 5.88. The minimum atomic E-state index is 0.0144. The van der Waals surface area contributed by atoms with Gasteiger partial charge >= 0.3 is 0 Å². The fourth-order valence-corrected chi connectivity index (χ4v) is 3.53. The van der Waals surface area contributed by atoms with Crippen molar-refractivity contribution in [3.8, 4) is 11.5 Å². The molecule has 0 radical (unpaired) electrons. The molecular formula is C17H20N2O3S. The summed E-state index contributed by atoms with van der Waals surface area (Å²) in [6, 6.07) is 9.99. The molecule has 1 aliphatic rings. The number of thiophene rings is 1. The topological polar surface area (TPSA) is 57.0 Å². The first-order chi connectivity index (χ1) is 11.1. The molecule has 2 N–H and O–H groups in total. The van der Waals surface area contributed by atoms with Crippen LogP contribution in [0.5, 0.6) is 11.5 Å². The first-order valence-electron chi connectivity index (χ1n) is 7.30. The summed E-state index contributed by atoms with van der Waals surface area (Å²) in [6.07, 6.45) is 1.93. The number of methoxy groups -OCH3 is 2. The van der Waals surface area contributed by atoms with E-state index in [1.54, 1.807) is 25.6 Å². The molecule has 1 aliphatic heterocycles. The van der Waals surface area contributed by atoms with Crippen LogP contribution in [0, 0.1) is 6.92 Å². The minimum Gasteiger partial charge on any atom is -0.497 e. The van der Waals surface area contributed by atoms with E-state index in [1.165, 1.54) is 9.75 Å². The van der Waals surface area contributed by atoms with Gasteiger partial charge in [-0.05, 0) is 25.1 Å². The zero-order valence-corrected chi connectivity index (χ0v) is 14.2. The highest BCUT2D eigenvalue weighted by Crippen LogP contribution is 2.36.